The minimum atomic E-state index is -0.478. The van der Waals surface area contributed by atoms with Crippen LogP contribution in [0, 0.1) is 0 Å². The molecule has 0 aliphatic heterocycles. The highest BCUT2D eigenvalue weighted by molar-refractivity contribution is 6.63. The van der Waals surface area contributed by atoms with Crippen LogP contribution in [0.1, 0.15) is 96.3 Å². The molecule has 3 rings (SSSR count). The average Bonchev–Trinajstić information content (AvgIpc) is 2.51. The SMILES string of the molecule is C1CC[CH]([Al]([CH]2CCCCC2)[CH]2CCCCC2)CC1.Cl. The summed E-state index contributed by atoms with van der Waals surface area (Å²) in [6, 6.07) is 0. The summed E-state index contributed by atoms with van der Waals surface area (Å²) in [4.78, 5) is 0. The molecule has 0 spiro atoms. The summed E-state index contributed by atoms with van der Waals surface area (Å²) < 4.78 is 3.79. The van der Waals surface area contributed by atoms with Gasteiger partial charge >= 0.3 is 0 Å². The zero-order valence-corrected chi connectivity index (χ0v) is 15.3. The Balaban J connectivity index is 0.00000147. The third-order valence-corrected chi connectivity index (χ3v) is 11.8. The number of rotatable bonds is 3. The van der Waals surface area contributed by atoms with Crippen molar-refractivity contribution in [1.29, 1.82) is 0 Å². The maximum absolute atomic E-state index is 1.64. The molecule has 0 aromatic rings. The molecule has 0 N–H and O–H groups in total. The normalized spacial score (nSPS) is 27.0. The Bertz CT molecular complexity index is 207. The highest BCUT2D eigenvalue weighted by Crippen LogP contribution is 2.49. The fourth-order valence-corrected chi connectivity index (χ4v) is 11.7. The number of hydrogen-bond donors (Lipinski definition) is 0. The van der Waals surface area contributed by atoms with Gasteiger partial charge in [-0.1, -0.05) is 111 Å². The van der Waals surface area contributed by atoms with Crippen molar-refractivity contribution in [3.63, 3.8) is 0 Å². The van der Waals surface area contributed by atoms with Crippen molar-refractivity contribution in [1.82, 2.24) is 0 Å². The molecule has 2 heteroatoms. The zero-order valence-electron chi connectivity index (χ0n) is 13.3. The Kier molecular flexibility index (Phi) is 7.79. The fraction of sp³-hybridized carbons (Fsp3) is 1.00. The highest BCUT2D eigenvalue weighted by atomic mass is 35.5. The molecule has 0 aromatic carbocycles. The minimum absolute atomic E-state index is 0. The predicted octanol–water partition coefficient (Wildman–Crippen LogP) is 6.91. The Labute approximate surface area is 137 Å². The smallest absolute Gasteiger partial charge is 0.147 e. The van der Waals surface area contributed by atoms with Gasteiger partial charge < -0.3 is 0 Å². The van der Waals surface area contributed by atoms with Crippen LogP contribution in [0.4, 0.5) is 0 Å². The maximum Gasteiger partial charge on any atom is 0.272 e. The lowest BCUT2D eigenvalue weighted by atomic mass is 9.98. The van der Waals surface area contributed by atoms with E-state index in [0.717, 1.165) is 0 Å². The largest absolute Gasteiger partial charge is 0.272 e. The van der Waals surface area contributed by atoms with Gasteiger partial charge in [-0.3, -0.25) is 0 Å². The van der Waals surface area contributed by atoms with Crippen LogP contribution >= 0.6 is 12.4 Å². The van der Waals surface area contributed by atoms with Gasteiger partial charge in [0.1, 0.15) is 0 Å². The molecule has 20 heavy (non-hydrogen) atoms. The average molecular weight is 313 g/mol. The molecule has 0 unspecified atom stereocenters. The molecule has 3 saturated carbocycles. The topological polar surface area (TPSA) is 0 Å². The summed E-state index contributed by atoms with van der Waals surface area (Å²) in [5, 5.41) is 0. The lowest BCUT2D eigenvalue weighted by Gasteiger charge is -2.40. The van der Waals surface area contributed by atoms with Crippen molar-refractivity contribution < 1.29 is 0 Å². The second kappa shape index (κ2) is 9.07. The molecule has 0 bridgehead atoms. The predicted molar refractivity (Wildman–Crippen MR) is 93.5 cm³/mol. The van der Waals surface area contributed by atoms with E-state index in [-0.39, 0.29) is 12.4 Å². The van der Waals surface area contributed by atoms with Crippen molar-refractivity contribution in [2.45, 2.75) is 111 Å². The van der Waals surface area contributed by atoms with Crippen LogP contribution in [-0.2, 0) is 0 Å². The van der Waals surface area contributed by atoms with Crippen LogP contribution in [0.15, 0.2) is 0 Å². The Morgan fingerprint density at radius 3 is 0.900 bits per heavy atom. The number of hydrogen-bond acceptors (Lipinski definition) is 0. The van der Waals surface area contributed by atoms with E-state index in [0.29, 0.717) is 0 Å². The minimum Gasteiger partial charge on any atom is -0.147 e. The van der Waals surface area contributed by atoms with Crippen LogP contribution in [-0.4, -0.2) is 14.1 Å². The Hall–Kier alpha value is 0.822. The molecule has 3 aliphatic rings. The van der Waals surface area contributed by atoms with Crippen molar-refractivity contribution >= 4 is 26.6 Å². The maximum atomic E-state index is 1.64. The van der Waals surface area contributed by atoms with Crippen molar-refractivity contribution in [2.75, 3.05) is 0 Å². The van der Waals surface area contributed by atoms with Crippen molar-refractivity contribution in [2.24, 2.45) is 0 Å². The van der Waals surface area contributed by atoms with Crippen molar-refractivity contribution in [3.05, 3.63) is 0 Å². The molecule has 116 valence electrons. The fourth-order valence-electron chi connectivity index (χ4n) is 5.71. The molecule has 0 aromatic heterocycles. The van der Waals surface area contributed by atoms with Gasteiger partial charge in [-0.2, -0.15) is 0 Å². The zero-order chi connectivity index (χ0) is 12.9. The van der Waals surface area contributed by atoms with Gasteiger partial charge in [-0.15, -0.1) is 12.4 Å². The van der Waals surface area contributed by atoms with E-state index >= 15 is 0 Å². The molecule has 0 nitrogen and oxygen atoms in total. The van der Waals surface area contributed by atoms with E-state index in [1.807, 2.05) is 0 Å². The van der Waals surface area contributed by atoms with Gasteiger partial charge in [0.25, 0.3) is 14.1 Å². The van der Waals surface area contributed by atoms with Gasteiger partial charge in [-0.25, -0.2) is 0 Å². The molecular weight excluding hydrogens is 279 g/mol. The van der Waals surface area contributed by atoms with E-state index < -0.39 is 14.1 Å². The first-order valence-corrected chi connectivity index (χ1v) is 11.4. The molecule has 0 saturated heterocycles. The van der Waals surface area contributed by atoms with Crippen LogP contribution < -0.4 is 0 Å². The third-order valence-electron chi connectivity index (χ3n) is 6.58. The van der Waals surface area contributed by atoms with E-state index in [9.17, 15) is 0 Å². The van der Waals surface area contributed by atoms with E-state index in [1.165, 1.54) is 14.3 Å². The number of halogens is 1. The monoisotopic (exact) mass is 312 g/mol. The quantitative estimate of drug-likeness (QED) is 0.497. The molecule has 3 aliphatic carbocycles. The first kappa shape index (κ1) is 17.2. The molecular formula is C18H34AlCl. The molecule has 0 atom stereocenters. The van der Waals surface area contributed by atoms with Gasteiger partial charge in [0, 0.05) is 0 Å². The van der Waals surface area contributed by atoms with E-state index in [2.05, 4.69) is 0 Å². The lowest BCUT2D eigenvalue weighted by Crippen LogP contribution is -2.35. The van der Waals surface area contributed by atoms with E-state index in [1.54, 1.807) is 96.3 Å². The summed E-state index contributed by atoms with van der Waals surface area (Å²) >= 11 is -0.478. The van der Waals surface area contributed by atoms with Gasteiger partial charge in [-0.05, 0) is 0 Å². The molecule has 0 amide bonds. The first-order valence-electron chi connectivity index (χ1n) is 9.45. The highest BCUT2D eigenvalue weighted by Gasteiger charge is 2.41. The third kappa shape index (κ3) is 4.41. The molecule has 3 fully saturated rings. The van der Waals surface area contributed by atoms with Crippen LogP contribution in [0.25, 0.3) is 0 Å². The lowest BCUT2D eigenvalue weighted by molar-refractivity contribution is 0.429. The summed E-state index contributed by atoms with van der Waals surface area (Å²) in [6.45, 7) is 0. The van der Waals surface area contributed by atoms with Crippen LogP contribution in [0.3, 0.4) is 0 Å². The van der Waals surface area contributed by atoms with Crippen molar-refractivity contribution in [3.8, 4) is 0 Å². The van der Waals surface area contributed by atoms with E-state index in [4.69, 9.17) is 0 Å². The first-order chi connectivity index (χ1) is 9.45. The second-order valence-corrected chi connectivity index (χ2v) is 11.8. The summed E-state index contributed by atoms with van der Waals surface area (Å²) in [5.74, 6) is 0. The Morgan fingerprint density at radius 1 is 0.400 bits per heavy atom. The summed E-state index contributed by atoms with van der Waals surface area (Å²) in [5.41, 5.74) is 0. The Morgan fingerprint density at radius 2 is 0.650 bits per heavy atom. The van der Waals surface area contributed by atoms with Gasteiger partial charge in [0.2, 0.25) is 0 Å². The molecule has 0 radical (unpaired) electrons. The van der Waals surface area contributed by atoms with Crippen LogP contribution in [0.5, 0.6) is 0 Å². The molecule has 0 heterocycles. The summed E-state index contributed by atoms with van der Waals surface area (Å²) in [7, 11) is 0. The second-order valence-electron chi connectivity index (χ2n) is 7.77. The van der Waals surface area contributed by atoms with Crippen LogP contribution in [0.2, 0.25) is 14.3 Å². The van der Waals surface area contributed by atoms with Gasteiger partial charge in [0.15, 0.2) is 0 Å². The standard InChI is InChI=1S/3C6H11.Al.ClH/c3*1-2-4-6-5-3-1;;/h3*1H,2-6H2;;1H. The summed E-state index contributed by atoms with van der Waals surface area (Å²) in [6.07, 6.45) is 24.0. The van der Waals surface area contributed by atoms with Gasteiger partial charge in [0.05, 0.1) is 0 Å².